The molecule has 2 amide bonds. The Kier molecular flexibility index (Phi) is 6.80. The van der Waals surface area contributed by atoms with E-state index in [9.17, 15) is 9.59 Å². The Morgan fingerprint density at radius 1 is 1.12 bits per heavy atom. The second-order valence-electron chi connectivity index (χ2n) is 4.78. The first-order valence-corrected chi connectivity index (χ1v) is 8.07. The van der Waals surface area contributed by atoms with E-state index in [0.717, 1.165) is 0 Å². The van der Waals surface area contributed by atoms with Crippen molar-refractivity contribution in [3.05, 3.63) is 58.1 Å². The van der Waals surface area contributed by atoms with E-state index in [1.165, 1.54) is 24.4 Å². The monoisotopic (exact) mass is 379 g/mol. The van der Waals surface area contributed by atoms with Gasteiger partial charge < -0.3 is 10.1 Å². The molecule has 8 heteroatoms. The summed E-state index contributed by atoms with van der Waals surface area (Å²) in [5.74, 6) is -1.20. The second-order valence-corrected chi connectivity index (χ2v) is 5.66. The molecule has 0 aliphatic rings. The fourth-order valence-electron chi connectivity index (χ4n) is 1.90. The molecule has 0 aliphatic heterocycles. The minimum Gasteiger partial charge on any atom is -0.493 e. The Morgan fingerprint density at radius 3 is 2.48 bits per heavy atom. The lowest BCUT2D eigenvalue weighted by Gasteiger charge is -2.06. The van der Waals surface area contributed by atoms with E-state index in [0.29, 0.717) is 33.7 Å². The highest BCUT2D eigenvalue weighted by atomic mass is 35.5. The van der Waals surface area contributed by atoms with Crippen LogP contribution in [0.5, 0.6) is 5.75 Å². The highest BCUT2D eigenvalue weighted by Gasteiger charge is 2.13. The number of hydrazone groups is 1. The van der Waals surface area contributed by atoms with Crippen LogP contribution in [0.3, 0.4) is 0 Å². The molecule has 0 spiro atoms. The Morgan fingerprint density at radius 2 is 1.80 bits per heavy atom. The van der Waals surface area contributed by atoms with Gasteiger partial charge in [-0.2, -0.15) is 5.10 Å². The van der Waals surface area contributed by atoms with Crippen LogP contribution in [0, 0.1) is 0 Å². The van der Waals surface area contributed by atoms with Crippen molar-refractivity contribution in [2.75, 3.05) is 11.9 Å². The van der Waals surface area contributed by atoms with Gasteiger partial charge in [-0.1, -0.05) is 35.3 Å². The summed E-state index contributed by atoms with van der Waals surface area (Å²) < 4.78 is 5.44. The van der Waals surface area contributed by atoms with Gasteiger partial charge in [0.25, 0.3) is 0 Å². The van der Waals surface area contributed by atoms with Gasteiger partial charge in [-0.3, -0.25) is 9.59 Å². The smallest absolute Gasteiger partial charge is 0.329 e. The Bertz CT molecular complexity index is 789. The molecule has 0 saturated heterocycles. The second kappa shape index (κ2) is 9.05. The molecule has 0 radical (unpaired) electrons. The number of amides is 2. The average Bonchev–Trinajstić information content (AvgIpc) is 2.55. The fraction of sp³-hybridized carbons (Fsp3) is 0.118. The number of carbonyl (C=O) groups is 2. The van der Waals surface area contributed by atoms with Gasteiger partial charge in [0.15, 0.2) is 0 Å². The van der Waals surface area contributed by atoms with E-state index in [1.54, 1.807) is 18.2 Å². The van der Waals surface area contributed by atoms with Gasteiger partial charge in [0.05, 0.1) is 12.8 Å². The van der Waals surface area contributed by atoms with Gasteiger partial charge in [0, 0.05) is 21.3 Å². The highest BCUT2D eigenvalue weighted by molar-refractivity contribution is 6.40. The molecule has 2 aromatic rings. The van der Waals surface area contributed by atoms with Crippen molar-refractivity contribution in [1.82, 2.24) is 5.43 Å². The highest BCUT2D eigenvalue weighted by Crippen LogP contribution is 2.22. The topological polar surface area (TPSA) is 79.8 Å². The van der Waals surface area contributed by atoms with Crippen LogP contribution in [-0.4, -0.2) is 24.6 Å². The summed E-state index contributed by atoms with van der Waals surface area (Å²) in [4.78, 5) is 23.6. The molecule has 0 fully saturated rings. The lowest BCUT2D eigenvalue weighted by Crippen LogP contribution is -2.32. The van der Waals surface area contributed by atoms with Gasteiger partial charge in [-0.25, -0.2) is 5.43 Å². The first-order valence-electron chi connectivity index (χ1n) is 7.32. The third-order valence-electron chi connectivity index (χ3n) is 2.92. The zero-order valence-corrected chi connectivity index (χ0v) is 14.8. The van der Waals surface area contributed by atoms with Crippen molar-refractivity contribution >= 4 is 46.9 Å². The average molecular weight is 380 g/mol. The summed E-state index contributed by atoms with van der Waals surface area (Å²) in [6.45, 7) is 2.37. The van der Waals surface area contributed by atoms with E-state index in [1.807, 2.05) is 13.0 Å². The Labute approximate surface area is 154 Å². The molecule has 2 aromatic carbocycles. The first-order chi connectivity index (χ1) is 12.0. The predicted octanol–water partition coefficient (Wildman–Crippen LogP) is 3.48. The summed E-state index contributed by atoms with van der Waals surface area (Å²) in [5.41, 5.74) is 3.13. The van der Waals surface area contributed by atoms with Gasteiger partial charge in [0.1, 0.15) is 5.75 Å². The zero-order valence-electron chi connectivity index (χ0n) is 13.3. The molecular formula is C17H15Cl2N3O3. The molecule has 2 rings (SSSR count). The summed E-state index contributed by atoms with van der Waals surface area (Å²) in [6.07, 6.45) is 1.40. The number of rotatable bonds is 5. The van der Waals surface area contributed by atoms with Gasteiger partial charge in [-0.05, 0) is 37.3 Å². The van der Waals surface area contributed by atoms with Crippen molar-refractivity contribution in [1.29, 1.82) is 0 Å². The van der Waals surface area contributed by atoms with Crippen LogP contribution in [0.4, 0.5) is 5.69 Å². The van der Waals surface area contributed by atoms with Gasteiger partial charge >= 0.3 is 11.8 Å². The molecule has 25 heavy (non-hydrogen) atoms. The minimum absolute atomic E-state index is 0.309. The van der Waals surface area contributed by atoms with Crippen LogP contribution in [0.15, 0.2) is 47.6 Å². The largest absolute Gasteiger partial charge is 0.493 e. The number of carbonyl (C=O) groups excluding carboxylic acids is 2. The number of nitrogens with one attached hydrogen (secondary N) is 2. The number of para-hydroxylation sites is 1. The zero-order chi connectivity index (χ0) is 18.2. The van der Waals surface area contributed by atoms with Gasteiger partial charge in [0.2, 0.25) is 0 Å². The first kappa shape index (κ1) is 18.8. The molecule has 0 aliphatic carbocycles. The number of hydrogen-bond donors (Lipinski definition) is 2. The van der Waals surface area contributed by atoms with Crippen molar-refractivity contribution in [2.45, 2.75) is 6.92 Å². The number of benzene rings is 2. The van der Waals surface area contributed by atoms with Crippen molar-refractivity contribution in [3.8, 4) is 5.75 Å². The third-order valence-corrected chi connectivity index (χ3v) is 3.35. The lowest BCUT2D eigenvalue weighted by atomic mass is 10.2. The standard InChI is InChI=1S/C17H15Cl2N3O3/c1-2-25-15-6-4-3-5-11(15)10-20-22-17(24)16(23)21-14-8-12(18)7-13(19)9-14/h3-10H,2H2,1H3,(H,21,23)(H,22,24)/b20-10-. The van der Waals surface area contributed by atoms with Crippen molar-refractivity contribution < 1.29 is 14.3 Å². The maximum Gasteiger partial charge on any atom is 0.329 e. The SMILES string of the molecule is CCOc1ccccc1/C=N\NC(=O)C(=O)Nc1cc(Cl)cc(Cl)c1. The van der Waals surface area contributed by atoms with E-state index in [-0.39, 0.29) is 0 Å². The lowest BCUT2D eigenvalue weighted by molar-refractivity contribution is -0.136. The normalized spacial score (nSPS) is 10.5. The van der Waals surface area contributed by atoms with Crippen LogP contribution in [0.25, 0.3) is 0 Å². The van der Waals surface area contributed by atoms with E-state index in [4.69, 9.17) is 27.9 Å². The molecule has 0 bridgehead atoms. The molecule has 130 valence electrons. The third kappa shape index (κ3) is 5.77. The van der Waals surface area contributed by atoms with Crippen LogP contribution < -0.4 is 15.5 Å². The van der Waals surface area contributed by atoms with Crippen molar-refractivity contribution in [2.24, 2.45) is 5.10 Å². The van der Waals surface area contributed by atoms with Crippen LogP contribution in [0.1, 0.15) is 12.5 Å². The summed E-state index contributed by atoms with van der Waals surface area (Å²) in [5, 5.41) is 6.83. The van der Waals surface area contributed by atoms with E-state index in [2.05, 4.69) is 15.8 Å². The fourth-order valence-corrected chi connectivity index (χ4v) is 2.43. The number of hydrogen-bond acceptors (Lipinski definition) is 4. The number of halogens is 2. The minimum atomic E-state index is -0.929. The molecule has 0 unspecified atom stereocenters. The van der Waals surface area contributed by atoms with Crippen LogP contribution >= 0.6 is 23.2 Å². The van der Waals surface area contributed by atoms with Crippen molar-refractivity contribution in [3.63, 3.8) is 0 Å². The quantitative estimate of drug-likeness (QED) is 0.474. The molecule has 2 N–H and O–H groups in total. The van der Waals surface area contributed by atoms with E-state index >= 15 is 0 Å². The van der Waals surface area contributed by atoms with Gasteiger partial charge in [-0.15, -0.1) is 0 Å². The summed E-state index contributed by atoms with van der Waals surface area (Å²) in [7, 11) is 0. The summed E-state index contributed by atoms with van der Waals surface area (Å²) >= 11 is 11.7. The maximum absolute atomic E-state index is 11.8. The Hall–Kier alpha value is -2.57. The Balaban J connectivity index is 1.96. The number of nitrogens with zero attached hydrogens (tertiary/aromatic N) is 1. The molecule has 0 saturated carbocycles. The van der Waals surface area contributed by atoms with Crippen LogP contribution in [-0.2, 0) is 9.59 Å². The van der Waals surface area contributed by atoms with E-state index < -0.39 is 11.8 Å². The number of anilines is 1. The maximum atomic E-state index is 11.8. The predicted molar refractivity (Wildman–Crippen MR) is 98.4 cm³/mol. The van der Waals surface area contributed by atoms with Crippen LogP contribution in [0.2, 0.25) is 10.0 Å². The molecular weight excluding hydrogens is 365 g/mol. The molecule has 0 heterocycles. The number of ether oxygens (including phenoxy) is 1. The molecule has 0 aromatic heterocycles. The summed E-state index contributed by atoms with van der Waals surface area (Å²) in [6, 6.07) is 11.6. The molecule has 6 nitrogen and oxygen atoms in total. The molecule has 0 atom stereocenters.